The first-order valence-corrected chi connectivity index (χ1v) is 10.4. The van der Waals surface area contributed by atoms with E-state index >= 15 is 0 Å². The molecule has 2 saturated carbocycles. The fraction of sp³-hybridized carbons (Fsp3) is 0.867. The maximum Gasteiger partial charge on any atom is 0.418 e. The SMILES string of the molecule is O=C(NOC1CC2CCC(C2)C1)[C@@H]1CC[C@@H]2CN1C(=O)N2OS(=O)(=O)O. The Hall–Kier alpha value is -1.43. The second-order valence-electron chi connectivity index (χ2n) is 7.73. The Bertz CT molecular complexity index is 687. The molecule has 2 unspecified atom stereocenters. The van der Waals surface area contributed by atoms with E-state index in [1.807, 2.05) is 0 Å². The largest absolute Gasteiger partial charge is 0.418 e. The van der Waals surface area contributed by atoms with Crippen LogP contribution in [0.3, 0.4) is 0 Å². The zero-order valence-electron chi connectivity index (χ0n) is 14.2. The van der Waals surface area contributed by atoms with Gasteiger partial charge >= 0.3 is 16.4 Å². The highest BCUT2D eigenvalue weighted by Gasteiger charge is 2.49. The number of urea groups is 1. The Morgan fingerprint density at radius 2 is 1.81 bits per heavy atom. The van der Waals surface area contributed by atoms with Gasteiger partial charge in [0.25, 0.3) is 5.91 Å². The molecule has 2 aliphatic heterocycles. The van der Waals surface area contributed by atoms with Gasteiger partial charge in [-0.2, -0.15) is 13.5 Å². The molecule has 4 atom stereocenters. The van der Waals surface area contributed by atoms with Crippen LogP contribution in [0.25, 0.3) is 0 Å². The molecule has 2 saturated heterocycles. The lowest BCUT2D eigenvalue weighted by molar-refractivity contribution is -0.146. The molecule has 2 aliphatic carbocycles. The predicted molar refractivity (Wildman–Crippen MR) is 86.5 cm³/mol. The van der Waals surface area contributed by atoms with Gasteiger partial charge in [0, 0.05) is 6.54 Å². The summed E-state index contributed by atoms with van der Waals surface area (Å²) in [5.41, 5.74) is 2.50. The van der Waals surface area contributed by atoms with Crippen molar-refractivity contribution in [2.45, 2.75) is 63.1 Å². The van der Waals surface area contributed by atoms with Crippen molar-refractivity contribution in [1.82, 2.24) is 15.4 Å². The summed E-state index contributed by atoms with van der Waals surface area (Å²) in [4.78, 5) is 31.7. The monoisotopic (exact) mass is 389 g/mol. The molecule has 0 spiro atoms. The molecular formula is C15H23N3O7S. The van der Waals surface area contributed by atoms with Crippen LogP contribution >= 0.6 is 0 Å². The number of carbonyl (C=O) groups excluding carboxylic acids is 2. The summed E-state index contributed by atoms with van der Waals surface area (Å²) in [5.74, 6) is 0.943. The summed E-state index contributed by atoms with van der Waals surface area (Å²) in [5, 5.41) is 0.627. The van der Waals surface area contributed by atoms with Crippen LogP contribution in [0, 0.1) is 11.8 Å². The van der Waals surface area contributed by atoms with E-state index < -0.39 is 34.4 Å². The van der Waals surface area contributed by atoms with Gasteiger partial charge in [-0.1, -0.05) is 12.8 Å². The van der Waals surface area contributed by atoms with Crippen molar-refractivity contribution < 1.29 is 31.7 Å². The van der Waals surface area contributed by atoms with Gasteiger partial charge < -0.3 is 4.90 Å². The van der Waals surface area contributed by atoms with Gasteiger partial charge in [0.1, 0.15) is 6.04 Å². The zero-order chi connectivity index (χ0) is 18.5. The van der Waals surface area contributed by atoms with Crippen LogP contribution in [0.4, 0.5) is 4.79 Å². The van der Waals surface area contributed by atoms with Gasteiger partial charge in [-0.05, 0) is 43.9 Å². The van der Waals surface area contributed by atoms with Crippen LogP contribution in [0.5, 0.6) is 0 Å². The molecule has 0 aromatic carbocycles. The lowest BCUT2D eigenvalue weighted by atomic mass is 9.87. The number of fused-ring (bicyclic) bond motifs is 4. The molecule has 0 aromatic rings. The normalized spacial score (nSPS) is 36.5. The third kappa shape index (κ3) is 3.53. The van der Waals surface area contributed by atoms with E-state index in [0.717, 1.165) is 12.8 Å². The number of carbonyl (C=O) groups is 2. The molecule has 4 fully saturated rings. The minimum absolute atomic E-state index is 0.00943. The number of nitrogens with one attached hydrogen (secondary N) is 1. The Morgan fingerprint density at radius 3 is 2.46 bits per heavy atom. The summed E-state index contributed by atoms with van der Waals surface area (Å²) in [7, 11) is -4.79. The molecule has 0 aromatic heterocycles. The number of hydrogen-bond donors (Lipinski definition) is 2. The number of amides is 3. The summed E-state index contributed by atoms with van der Waals surface area (Å²) in [6.07, 6.45) is 6.38. The van der Waals surface area contributed by atoms with E-state index in [1.165, 1.54) is 24.2 Å². The van der Waals surface area contributed by atoms with Crippen LogP contribution in [0.1, 0.15) is 44.9 Å². The number of piperidine rings is 1. The maximum atomic E-state index is 12.5. The van der Waals surface area contributed by atoms with Crippen molar-refractivity contribution in [1.29, 1.82) is 0 Å². The highest BCUT2D eigenvalue weighted by molar-refractivity contribution is 7.80. The second-order valence-corrected chi connectivity index (χ2v) is 8.74. The molecule has 146 valence electrons. The third-order valence-corrected chi connectivity index (χ3v) is 6.32. The van der Waals surface area contributed by atoms with Crippen LogP contribution < -0.4 is 5.48 Å². The molecule has 3 amide bonds. The van der Waals surface area contributed by atoms with Crippen LogP contribution in [-0.2, 0) is 24.3 Å². The predicted octanol–water partition coefficient (Wildman–Crippen LogP) is 0.616. The topological polar surface area (TPSA) is 125 Å². The molecule has 10 nitrogen and oxygen atoms in total. The molecular weight excluding hydrogens is 366 g/mol. The summed E-state index contributed by atoms with van der Waals surface area (Å²) in [6.45, 7) is 0.167. The van der Waals surface area contributed by atoms with E-state index in [-0.39, 0.29) is 12.6 Å². The number of hydroxylamine groups is 3. The lowest BCUT2D eigenvalue weighted by Crippen LogP contribution is -2.50. The van der Waals surface area contributed by atoms with Gasteiger partial charge in [-0.25, -0.2) is 10.3 Å². The van der Waals surface area contributed by atoms with Crippen LogP contribution in [0.15, 0.2) is 0 Å². The minimum atomic E-state index is -4.79. The fourth-order valence-corrected chi connectivity index (χ4v) is 5.24. The van der Waals surface area contributed by atoms with Gasteiger partial charge in [0.2, 0.25) is 0 Å². The van der Waals surface area contributed by atoms with Gasteiger partial charge in [0.15, 0.2) is 0 Å². The summed E-state index contributed by atoms with van der Waals surface area (Å²) < 4.78 is 34.9. The Balaban J connectivity index is 1.33. The first-order chi connectivity index (χ1) is 12.3. The molecule has 4 aliphatic rings. The fourth-order valence-electron chi connectivity index (χ4n) is 4.86. The highest BCUT2D eigenvalue weighted by Crippen LogP contribution is 2.42. The van der Waals surface area contributed by atoms with Gasteiger partial charge in [-0.15, -0.1) is 4.28 Å². The maximum absolute atomic E-state index is 12.5. The minimum Gasteiger partial charge on any atom is -0.309 e. The smallest absolute Gasteiger partial charge is 0.309 e. The average molecular weight is 389 g/mol. The van der Waals surface area contributed by atoms with Crippen molar-refractivity contribution in [2.24, 2.45) is 11.8 Å². The lowest BCUT2D eigenvalue weighted by Gasteiger charge is -2.31. The molecule has 2 N–H and O–H groups in total. The van der Waals surface area contributed by atoms with Crippen molar-refractivity contribution >= 4 is 22.3 Å². The number of hydrogen-bond acceptors (Lipinski definition) is 6. The Kier molecular flexibility index (Phi) is 4.58. The highest BCUT2D eigenvalue weighted by atomic mass is 32.3. The zero-order valence-corrected chi connectivity index (χ0v) is 15.1. The van der Waals surface area contributed by atoms with Gasteiger partial charge in [0.05, 0.1) is 12.1 Å². The standard InChI is InChI=1S/C15H23N3O7S/c19-14(16-24-12-6-9-1-2-10(5-9)7-12)13-4-3-11-8-17(13)15(20)18(11)25-26(21,22)23/h9-13H,1-8H2,(H,16,19)(H,21,22,23)/t9?,10?,11-,12?,13+/m1/s1. The molecule has 26 heavy (non-hydrogen) atoms. The van der Waals surface area contributed by atoms with Crippen molar-refractivity contribution in [3.05, 3.63) is 0 Å². The molecule has 11 heteroatoms. The van der Waals surface area contributed by atoms with Gasteiger partial charge in [-0.3, -0.25) is 14.2 Å². The number of nitrogens with zero attached hydrogens (tertiary/aromatic N) is 2. The van der Waals surface area contributed by atoms with Crippen LogP contribution in [-0.4, -0.2) is 59.6 Å². The van der Waals surface area contributed by atoms with Crippen molar-refractivity contribution in [3.8, 4) is 0 Å². The van der Waals surface area contributed by atoms with Crippen LogP contribution in [0.2, 0.25) is 0 Å². The Labute approximate surface area is 151 Å². The molecule has 0 radical (unpaired) electrons. The summed E-state index contributed by atoms with van der Waals surface area (Å²) in [6, 6.07) is -2.00. The van der Waals surface area contributed by atoms with Crippen molar-refractivity contribution in [2.75, 3.05) is 6.54 Å². The first-order valence-electron chi connectivity index (χ1n) is 9.02. The van der Waals surface area contributed by atoms with E-state index in [1.54, 1.807) is 0 Å². The van der Waals surface area contributed by atoms with E-state index in [9.17, 15) is 18.0 Å². The second kappa shape index (κ2) is 6.63. The average Bonchev–Trinajstić information content (AvgIpc) is 3.03. The first kappa shape index (κ1) is 18.0. The molecule has 4 rings (SSSR count). The quantitative estimate of drug-likeness (QED) is 0.521. The third-order valence-electron chi connectivity index (χ3n) is 5.97. The van der Waals surface area contributed by atoms with E-state index in [0.29, 0.717) is 29.7 Å². The number of rotatable bonds is 5. The molecule has 2 heterocycles. The Morgan fingerprint density at radius 1 is 1.12 bits per heavy atom. The van der Waals surface area contributed by atoms with E-state index in [4.69, 9.17) is 9.39 Å². The summed E-state index contributed by atoms with van der Waals surface area (Å²) >= 11 is 0. The molecule has 4 bridgehead atoms. The van der Waals surface area contributed by atoms with Crippen molar-refractivity contribution in [3.63, 3.8) is 0 Å². The van der Waals surface area contributed by atoms with E-state index in [2.05, 4.69) is 9.76 Å².